The summed E-state index contributed by atoms with van der Waals surface area (Å²) in [6, 6.07) is 0. The lowest BCUT2D eigenvalue weighted by molar-refractivity contribution is -0.121. The summed E-state index contributed by atoms with van der Waals surface area (Å²) in [6.45, 7) is 1.73. The molecule has 3 saturated carbocycles. The van der Waals surface area contributed by atoms with Gasteiger partial charge in [0.15, 0.2) is 0 Å². The van der Waals surface area contributed by atoms with Crippen LogP contribution >= 0.6 is 0 Å². The minimum Gasteiger partial charge on any atom is -0.300 e. The van der Waals surface area contributed by atoms with Crippen molar-refractivity contribution >= 4 is 5.78 Å². The normalized spacial score (nSPS) is 41.4. The summed E-state index contributed by atoms with van der Waals surface area (Å²) >= 11 is 0. The summed E-state index contributed by atoms with van der Waals surface area (Å²) in [5.41, 5.74) is 0. The SMILES string of the molecule is CC(=O)CC1[C@@H]2CCC[C@H]1C2. The summed E-state index contributed by atoms with van der Waals surface area (Å²) in [5.74, 6) is 3.04. The number of hydrogen-bond donors (Lipinski definition) is 0. The van der Waals surface area contributed by atoms with E-state index in [4.69, 9.17) is 0 Å². The largest absolute Gasteiger partial charge is 0.300 e. The second-order valence-electron chi connectivity index (χ2n) is 4.26. The molecule has 11 heavy (non-hydrogen) atoms. The van der Waals surface area contributed by atoms with Crippen molar-refractivity contribution in [3.63, 3.8) is 0 Å². The van der Waals surface area contributed by atoms with Crippen molar-refractivity contribution in [2.45, 2.75) is 39.0 Å². The molecule has 1 heteroatoms. The Hall–Kier alpha value is -0.330. The van der Waals surface area contributed by atoms with Crippen LogP contribution in [0.15, 0.2) is 0 Å². The average Bonchev–Trinajstić information content (AvgIpc) is 2.01. The third kappa shape index (κ3) is 1.21. The molecule has 62 valence electrons. The monoisotopic (exact) mass is 152 g/mol. The second-order valence-corrected chi connectivity index (χ2v) is 4.26. The molecule has 2 bridgehead atoms. The molecule has 0 amide bonds. The first kappa shape index (κ1) is 7.33. The smallest absolute Gasteiger partial charge is 0.130 e. The number of hydrogen-bond acceptors (Lipinski definition) is 1. The van der Waals surface area contributed by atoms with Gasteiger partial charge in [0.25, 0.3) is 0 Å². The van der Waals surface area contributed by atoms with Crippen molar-refractivity contribution < 1.29 is 4.79 Å². The van der Waals surface area contributed by atoms with Crippen LogP contribution in [0.1, 0.15) is 39.0 Å². The molecule has 0 aromatic rings. The van der Waals surface area contributed by atoms with Crippen molar-refractivity contribution in [3.05, 3.63) is 0 Å². The molecular weight excluding hydrogens is 136 g/mol. The van der Waals surface area contributed by atoms with E-state index in [9.17, 15) is 4.79 Å². The molecule has 3 aliphatic rings. The maximum atomic E-state index is 10.9. The van der Waals surface area contributed by atoms with Crippen molar-refractivity contribution in [1.82, 2.24) is 0 Å². The Balaban J connectivity index is 1.91. The van der Waals surface area contributed by atoms with Gasteiger partial charge in [-0.05, 0) is 31.1 Å². The molecule has 0 aromatic carbocycles. The first-order valence-electron chi connectivity index (χ1n) is 4.77. The quantitative estimate of drug-likeness (QED) is 0.593. The zero-order valence-corrected chi connectivity index (χ0v) is 7.18. The number of rotatable bonds is 2. The molecule has 0 aliphatic heterocycles. The molecule has 0 radical (unpaired) electrons. The molecular formula is C10H16O. The number of Topliss-reactive ketones (excluding diaryl/α,β-unsaturated/α-hetero) is 1. The molecule has 0 aromatic heterocycles. The van der Waals surface area contributed by atoms with E-state index < -0.39 is 0 Å². The lowest BCUT2D eigenvalue weighted by Crippen LogP contribution is -2.41. The van der Waals surface area contributed by atoms with Gasteiger partial charge in [-0.2, -0.15) is 0 Å². The van der Waals surface area contributed by atoms with Crippen LogP contribution in [-0.2, 0) is 4.79 Å². The zero-order chi connectivity index (χ0) is 7.84. The Morgan fingerprint density at radius 3 is 2.45 bits per heavy atom. The van der Waals surface area contributed by atoms with Crippen LogP contribution in [0.5, 0.6) is 0 Å². The van der Waals surface area contributed by atoms with E-state index in [0.717, 1.165) is 24.2 Å². The van der Waals surface area contributed by atoms with Crippen LogP contribution in [0.4, 0.5) is 0 Å². The number of carbonyl (C=O) groups is 1. The van der Waals surface area contributed by atoms with Gasteiger partial charge in [-0.25, -0.2) is 0 Å². The summed E-state index contributed by atoms with van der Waals surface area (Å²) < 4.78 is 0. The molecule has 0 spiro atoms. The minimum atomic E-state index is 0.395. The van der Waals surface area contributed by atoms with Crippen molar-refractivity contribution in [3.8, 4) is 0 Å². The third-order valence-electron chi connectivity index (χ3n) is 3.49. The third-order valence-corrected chi connectivity index (χ3v) is 3.49. The van der Waals surface area contributed by atoms with Gasteiger partial charge in [0.05, 0.1) is 0 Å². The van der Waals surface area contributed by atoms with Crippen LogP contribution < -0.4 is 0 Å². The predicted octanol–water partition coefficient (Wildman–Crippen LogP) is 2.40. The maximum Gasteiger partial charge on any atom is 0.130 e. The number of carbonyl (C=O) groups excluding carboxylic acids is 1. The Kier molecular flexibility index (Phi) is 1.74. The van der Waals surface area contributed by atoms with Crippen molar-refractivity contribution in [1.29, 1.82) is 0 Å². The lowest BCUT2D eigenvalue weighted by atomic mass is 9.56. The number of fused-ring (bicyclic) bond motifs is 2. The highest BCUT2D eigenvalue weighted by Gasteiger charge is 2.43. The van der Waals surface area contributed by atoms with Gasteiger partial charge in [-0.1, -0.05) is 19.3 Å². The van der Waals surface area contributed by atoms with Crippen LogP contribution in [0.2, 0.25) is 0 Å². The van der Waals surface area contributed by atoms with E-state index in [1.165, 1.54) is 25.7 Å². The Morgan fingerprint density at radius 2 is 2.00 bits per heavy atom. The first-order chi connectivity index (χ1) is 5.27. The van der Waals surface area contributed by atoms with Gasteiger partial charge in [0, 0.05) is 6.42 Å². The van der Waals surface area contributed by atoms with Gasteiger partial charge < -0.3 is 4.79 Å². The highest BCUT2D eigenvalue weighted by Crippen LogP contribution is 2.52. The van der Waals surface area contributed by atoms with Crippen LogP contribution in [-0.4, -0.2) is 5.78 Å². The fraction of sp³-hybridized carbons (Fsp3) is 0.900. The Morgan fingerprint density at radius 1 is 1.36 bits per heavy atom. The lowest BCUT2D eigenvalue weighted by Gasteiger charge is -2.49. The molecule has 0 heterocycles. The first-order valence-corrected chi connectivity index (χ1v) is 4.77. The highest BCUT2D eigenvalue weighted by molar-refractivity contribution is 5.75. The summed E-state index contributed by atoms with van der Waals surface area (Å²) in [4.78, 5) is 10.9. The molecule has 3 atom stereocenters. The van der Waals surface area contributed by atoms with Gasteiger partial charge in [-0.3, -0.25) is 0 Å². The number of ketones is 1. The van der Waals surface area contributed by atoms with Crippen molar-refractivity contribution in [2.75, 3.05) is 0 Å². The summed E-state index contributed by atoms with van der Waals surface area (Å²) in [5, 5.41) is 0. The fourth-order valence-corrected chi connectivity index (χ4v) is 2.90. The van der Waals surface area contributed by atoms with E-state index in [0.29, 0.717) is 5.78 Å². The van der Waals surface area contributed by atoms with Crippen LogP contribution in [0.25, 0.3) is 0 Å². The van der Waals surface area contributed by atoms with Gasteiger partial charge in [-0.15, -0.1) is 0 Å². The van der Waals surface area contributed by atoms with Crippen LogP contribution in [0, 0.1) is 17.8 Å². The molecule has 0 saturated heterocycles. The Labute approximate surface area is 68.2 Å². The van der Waals surface area contributed by atoms with Gasteiger partial charge in [0.2, 0.25) is 0 Å². The van der Waals surface area contributed by atoms with Gasteiger partial charge in [0.1, 0.15) is 5.78 Å². The summed E-state index contributed by atoms with van der Waals surface area (Å²) in [7, 11) is 0. The zero-order valence-electron chi connectivity index (χ0n) is 7.18. The van der Waals surface area contributed by atoms with E-state index in [-0.39, 0.29) is 0 Å². The molecule has 1 unspecified atom stereocenters. The minimum absolute atomic E-state index is 0.395. The maximum absolute atomic E-state index is 10.9. The van der Waals surface area contributed by atoms with E-state index in [2.05, 4.69) is 0 Å². The van der Waals surface area contributed by atoms with E-state index in [1.807, 2.05) is 0 Å². The average molecular weight is 152 g/mol. The topological polar surface area (TPSA) is 17.1 Å². The van der Waals surface area contributed by atoms with E-state index >= 15 is 0 Å². The molecule has 1 nitrogen and oxygen atoms in total. The molecule has 0 N–H and O–H groups in total. The van der Waals surface area contributed by atoms with Gasteiger partial charge >= 0.3 is 0 Å². The summed E-state index contributed by atoms with van der Waals surface area (Å²) in [6.07, 6.45) is 6.51. The Bertz CT molecular complexity index is 160. The molecule has 3 aliphatic carbocycles. The van der Waals surface area contributed by atoms with Crippen molar-refractivity contribution in [2.24, 2.45) is 17.8 Å². The molecule has 3 fully saturated rings. The fourth-order valence-electron chi connectivity index (χ4n) is 2.90. The predicted molar refractivity (Wildman–Crippen MR) is 44.2 cm³/mol. The van der Waals surface area contributed by atoms with E-state index in [1.54, 1.807) is 6.92 Å². The second kappa shape index (κ2) is 2.62. The highest BCUT2D eigenvalue weighted by atomic mass is 16.1. The van der Waals surface area contributed by atoms with Crippen LogP contribution in [0.3, 0.4) is 0 Å². The standard InChI is InChI=1S/C10H16O/c1-7(11)5-10-8-3-2-4-9(10)6-8/h8-10H,2-6H2,1H3/t8-,9+,10?. The molecule has 3 rings (SSSR count).